The van der Waals surface area contributed by atoms with E-state index in [4.69, 9.17) is 0 Å². The summed E-state index contributed by atoms with van der Waals surface area (Å²) in [4.78, 5) is 28.9. The Hall–Kier alpha value is -1.97. The van der Waals surface area contributed by atoms with Crippen molar-refractivity contribution in [2.75, 3.05) is 0 Å². The first-order valence-corrected chi connectivity index (χ1v) is 7.70. The Morgan fingerprint density at radius 3 is 2.52 bits per heavy atom. The zero-order chi connectivity index (χ0) is 14.8. The number of nitrogens with one attached hydrogen (secondary N) is 1. The average molecular weight is 284 g/mol. The maximum Gasteiger partial charge on any atom is 0.211 e. The van der Waals surface area contributed by atoms with Crippen LogP contribution in [0, 0.1) is 6.92 Å². The van der Waals surface area contributed by atoms with Gasteiger partial charge in [-0.15, -0.1) is 0 Å². The summed E-state index contributed by atoms with van der Waals surface area (Å²) in [5.41, 5.74) is 1.89. The summed E-state index contributed by atoms with van der Waals surface area (Å²) in [6.07, 6.45) is 8.44. The summed E-state index contributed by atoms with van der Waals surface area (Å²) < 4.78 is 0. The van der Waals surface area contributed by atoms with Gasteiger partial charge in [-0.25, -0.2) is 4.98 Å². The minimum Gasteiger partial charge on any atom is -0.379 e. The van der Waals surface area contributed by atoms with Crippen LogP contribution in [-0.4, -0.2) is 22.6 Å². The molecule has 1 N–H and O–H groups in total. The second kappa shape index (κ2) is 5.80. The fraction of sp³-hybridized carbons (Fsp3) is 0.471. The minimum absolute atomic E-state index is 0.110. The molecular weight excluding hydrogens is 264 g/mol. The Labute approximate surface area is 124 Å². The van der Waals surface area contributed by atoms with Crippen molar-refractivity contribution in [3.8, 4) is 0 Å². The van der Waals surface area contributed by atoms with Crippen LogP contribution < -0.4 is 5.32 Å². The van der Waals surface area contributed by atoms with Crippen LogP contribution >= 0.6 is 0 Å². The second-order valence-electron chi connectivity index (χ2n) is 5.93. The van der Waals surface area contributed by atoms with Crippen molar-refractivity contribution < 1.29 is 9.59 Å². The molecule has 0 radical (unpaired) electrons. The number of Topliss-reactive ketones (excluding diaryl/α,β-unsaturated/α-hetero) is 1. The lowest BCUT2D eigenvalue weighted by Gasteiger charge is -2.22. The van der Waals surface area contributed by atoms with E-state index in [0.29, 0.717) is 17.3 Å². The van der Waals surface area contributed by atoms with Gasteiger partial charge in [-0.3, -0.25) is 9.59 Å². The van der Waals surface area contributed by atoms with Gasteiger partial charge in [0.05, 0.1) is 11.3 Å². The van der Waals surface area contributed by atoms with E-state index in [1.54, 1.807) is 12.1 Å². The Morgan fingerprint density at radius 1 is 1.10 bits per heavy atom. The molecule has 0 aliphatic heterocycles. The second-order valence-corrected chi connectivity index (χ2v) is 5.93. The number of aryl methyl sites for hydroxylation is 1. The Balaban J connectivity index is 1.83. The molecule has 3 rings (SSSR count). The molecular formula is C17H20N2O2. The molecule has 0 spiro atoms. The maximum absolute atomic E-state index is 12.5. The summed E-state index contributed by atoms with van der Waals surface area (Å²) in [7, 11) is 0. The highest BCUT2D eigenvalue weighted by Gasteiger charge is 2.28. The van der Waals surface area contributed by atoms with Gasteiger partial charge in [0.2, 0.25) is 11.6 Å². The molecule has 4 nitrogen and oxygen atoms in total. The number of allylic oxidation sites excluding steroid dienone is 2. The molecule has 1 aromatic heterocycles. The van der Waals surface area contributed by atoms with E-state index >= 15 is 0 Å². The number of fused-ring (bicyclic) bond motifs is 1. The highest BCUT2D eigenvalue weighted by Crippen LogP contribution is 2.22. The lowest BCUT2D eigenvalue weighted by atomic mass is 9.95. The Kier molecular flexibility index (Phi) is 3.86. The van der Waals surface area contributed by atoms with Crippen LogP contribution in [0.15, 0.2) is 23.9 Å². The van der Waals surface area contributed by atoms with Gasteiger partial charge in [0.1, 0.15) is 5.69 Å². The molecule has 0 atom stereocenters. The largest absolute Gasteiger partial charge is 0.379 e. The van der Waals surface area contributed by atoms with E-state index < -0.39 is 0 Å². The number of ketones is 2. The van der Waals surface area contributed by atoms with E-state index in [0.717, 1.165) is 18.5 Å². The van der Waals surface area contributed by atoms with E-state index in [1.165, 1.54) is 31.8 Å². The zero-order valence-electron chi connectivity index (χ0n) is 12.3. The third-order valence-corrected chi connectivity index (χ3v) is 4.25. The van der Waals surface area contributed by atoms with Crippen molar-refractivity contribution in [2.45, 2.75) is 51.5 Å². The van der Waals surface area contributed by atoms with E-state index in [9.17, 15) is 9.59 Å². The fourth-order valence-electron chi connectivity index (χ4n) is 3.09. The number of carbonyl (C=O) groups is 2. The van der Waals surface area contributed by atoms with E-state index in [1.807, 2.05) is 6.92 Å². The summed E-state index contributed by atoms with van der Waals surface area (Å²) in [5.74, 6) is -0.286. The number of pyridine rings is 1. The molecule has 4 heteroatoms. The molecule has 1 heterocycles. The highest BCUT2D eigenvalue weighted by atomic mass is 16.1. The van der Waals surface area contributed by atoms with Crippen molar-refractivity contribution in [1.29, 1.82) is 0 Å². The van der Waals surface area contributed by atoms with Crippen LogP contribution in [0.5, 0.6) is 0 Å². The smallest absolute Gasteiger partial charge is 0.211 e. The molecule has 2 aliphatic carbocycles. The van der Waals surface area contributed by atoms with Crippen LogP contribution in [0.2, 0.25) is 0 Å². The molecule has 0 bridgehead atoms. The summed E-state index contributed by atoms with van der Waals surface area (Å²) in [6, 6.07) is 3.79. The topological polar surface area (TPSA) is 59.1 Å². The van der Waals surface area contributed by atoms with Gasteiger partial charge in [-0.1, -0.05) is 25.7 Å². The number of aromatic nitrogens is 1. The molecule has 21 heavy (non-hydrogen) atoms. The van der Waals surface area contributed by atoms with Crippen LogP contribution in [-0.2, 0) is 0 Å². The van der Waals surface area contributed by atoms with Crippen LogP contribution in [0.3, 0.4) is 0 Å². The van der Waals surface area contributed by atoms with E-state index in [-0.39, 0.29) is 17.3 Å². The van der Waals surface area contributed by atoms with Gasteiger partial charge in [0, 0.05) is 17.8 Å². The van der Waals surface area contributed by atoms with Crippen molar-refractivity contribution in [3.63, 3.8) is 0 Å². The Bertz CT molecular complexity index is 611. The number of hydrogen-bond acceptors (Lipinski definition) is 4. The van der Waals surface area contributed by atoms with Gasteiger partial charge in [0.15, 0.2) is 0 Å². The molecule has 110 valence electrons. The summed E-state index contributed by atoms with van der Waals surface area (Å²) in [6.45, 7) is 1.82. The molecule has 1 fully saturated rings. The van der Waals surface area contributed by atoms with Crippen molar-refractivity contribution in [1.82, 2.24) is 10.3 Å². The van der Waals surface area contributed by atoms with Gasteiger partial charge < -0.3 is 5.32 Å². The monoisotopic (exact) mass is 284 g/mol. The SMILES string of the molecule is Cc1ccc2c(n1)C(=O)C=C(NC1CCCCCC1)C2=O. The molecule has 0 saturated heterocycles. The summed E-state index contributed by atoms with van der Waals surface area (Å²) >= 11 is 0. The first-order valence-electron chi connectivity index (χ1n) is 7.70. The number of carbonyl (C=O) groups excluding carboxylic acids is 2. The summed E-state index contributed by atoms with van der Waals surface area (Å²) in [5, 5.41) is 3.30. The lowest BCUT2D eigenvalue weighted by molar-refractivity contribution is 0.0972. The standard InChI is InChI=1S/C17H20N2O2/c1-11-8-9-13-16(18-11)15(20)10-14(17(13)21)19-12-6-4-2-3-5-7-12/h8-10,12,19H,2-7H2,1H3. The Morgan fingerprint density at radius 2 is 1.81 bits per heavy atom. The molecule has 1 saturated carbocycles. The highest BCUT2D eigenvalue weighted by molar-refractivity contribution is 6.23. The minimum atomic E-state index is -0.176. The first kappa shape index (κ1) is 14.0. The maximum atomic E-state index is 12.5. The molecule has 0 aromatic carbocycles. The number of hydrogen-bond donors (Lipinski definition) is 1. The van der Waals surface area contributed by atoms with Crippen LogP contribution in [0.1, 0.15) is 65.1 Å². The average Bonchev–Trinajstić information content (AvgIpc) is 2.73. The van der Waals surface area contributed by atoms with Gasteiger partial charge in [0.25, 0.3) is 0 Å². The predicted molar refractivity (Wildman–Crippen MR) is 80.3 cm³/mol. The quantitative estimate of drug-likeness (QED) is 0.848. The predicted octanol–water partition coefficient (Wildman–Crippen LogP) is 2.97. The van der Waals surface area contributed by atoms with Crippen LogP contribution in [0.25, 0.3) is 0 Å². The van der Waals surface area contributed by atoms with Gasteiger partial charge in [-0.05, 0) is 31.9 Å². The van der Waals surface area contributed by atoms with Crippen LogP contribution in [0.4, 0.5) is 0 Å². The van der Waals surface area contributed by atoms with E-state index in [2.05, 4.69) is 10.3 Å². The number of nitrogens with zero attached hydrogens (tertiary/aromatic N) is 1. The zero-order valence-corrected chi connectivity index (χ0v) is 12.3. The third kappa shape index (κ3) is 2.89. The van der Waals surface area contributed by atoms with Crippen molar-refractivity contribution >= 4 is 11.6 Å². The first-order chi connectivity index (χ1) is 10.1. The molecule has 2 aliphatic rings. The lowest BCUT2D eigenvalue weighted by Crippen LogP contribution is -2.34. The van der Waals surface area contributed by atoms with Gasteiger partial charge in [-0.2, -0.15) is 0 Å². The molecule has 0 unspecified atom stereocenters. The third-order valence-electron chi connectivity index (χ3n) is 4.25. The van der Waals surface area contributed by atoms with Crippen molar-refractivity contribution in [2.24, 2.45) is 0 Å². The molecule has 1 aromatic rings. The normalized spacial score (nSPS) is 19.8. The molecule has 0 amide bonds. The number of rotatable bonds is 2. The fourth-order valence-corrected chi connectivity index (χ4v) is 3.09. The van der Waals surface area contributed by atoms with Gasteiger partial charge >= 0.3 is 0 Å². The van der Waals surface area contributed by atoms with Crippen molar-refractivity contribution in [3.05, 3.63) is 40.9 Å².